The second-order valence-electron chi connectivity index (χ2n) is 34.8. The Hall–Kier alpha value is -9.62. The first-order valence-corrected chi connectivity index (χ1v) is 40.1. The van der Waals surface area contributed by atoms with E-state index in [-0.39, 0.29) is 187 Å². The van der Waals surface area contributed by atoms with Gasteiger partial charge in [0.2, 0.25) is 0 Å². The van der Waals surface area contributed by atoms with Crippen molar-refractivity contribution in [1.29, 1.82) is 0 Å². The number of imide groups is 2. The molecule has 600 valence electrons. The Kier molecular flexibility index (Phi) is 22.3. The maximum Gasteiger partial charge on any atom is 0.329 e. The third-order valence-corrected chi connectivity index (χ3v) is 22.2. The SMILES string of the molecule is CCOCCC(C(=O)OCCN(CC1CO1)CC1CO1)N1C(=O)c2cc(Oc3ccc(C(C)(C)C)cc3)c3c4c(Oc5ccc(C(C)(C)C)cc5)cc5c6c(cc(Oc7ccc(C(C)(C)C)cc7)c(c7c(Oc8ccc(C(C)(C)C)cc8)cc(c2c37)C1=O)c64)C(=O)N(C(CCOCC)C(=O)OCCN(CC1CO1)CC1CO1)C5=O. The number of hydrogen-bond donors (Lipinski definition) is 0. The minimum absolute atomic E-state index is 0.0108. The van der Waals surface area contributed by atoms with Crippen LogP contribution in [-0.2, 0) is 69.1 Å². The van der Waals surface area contributed by atoms with Gasteiger partial charge in [-0.15, -0.1) is 0 Å². The molecule has 0 aliphatic carbocycles. The number of esters is 2. The molecular formula is C92H104N4O18. The predicted octanol–water partition coefficient (Wildman–Crippen LogP) is 16.2. The van der Waals surface area contributed by atoms with Crippen molar-refractivity contribution in [2.75, 3.05) is 105 Å². The fraction of sp³-hybridized carbons (Fsp3) is 0.457. The molecule has 6 atom stereocenters. The van der Waals surface area contributed by atoms with Crippen LogP contribution >= 0.6 is 0 Å². The summed E-state index contributed by atoms with van der Waals surface area (Å²) in [4.78, 5) is 103. The number of nitrogens with zero attached hydrogens (tertiary/aromatic N) is 4. The maximum atomic E-state index is 16.6. The molecule has 9 aromatic carbocycles. The van der Waals surface area contributed by atoms with Crippen LogP contribution in [0.1, 0.15) is 173 Å². The molecule has 0 bridgehead atoms. The number of fused-ring (bicyclic) bond motifs is 2. The Morgan fingerprint density at radius 1 is 0.368 bits per heavy atom. The van der Waals surface area contributed by atoms with Crippen molar-refractivity contribution in [3.05, 3.63) is 166 Å². The van der Waals surface area contributed by atoms with Gasteiger partial charge >= 0.3 is 11.9 Å². The van der Waals surface area contributed by atoms with E-state index < -0.39 is 47.7 Å². The second kappa shape index (κ2) is 31.9. The van der Waals surface area contributed by atoms with Gasteiger partial charge in [-0.05, 0) is 131 Å². The number of carbonyl (C=O) groups is 6. The smallest absolute Gasteiger partial charge is 0.329 e. The van der Waals surface area contributed by atoms with Gasteiger partial charge in [-0.25, -0.2) is 9.59 Å². The molecule has 0 N–H and O–H groups in total. The number of amides is 4. The number of rotatable bonds is 34. The quantitative estimate of drug-likeness (QED) is 0.00909. The van der Waals surface area contributed by atoms with Crippen LogP contribution in [0.4, 0.5) is 0 Å². The van der Waals surface area contributed by atoms with Gasteiger partial charge in [0.05, 0.1) is 73.1 Å². The van der Waals surface area contributed by atoms with E-state index in [9.17, 15) is 0 Å². The summed E-state index contributed by atoms with van der Waals surface area (Å²) in [7, 11) is 0. The van der Waals surface area contributed by atoms with Crippen LogP contribution < -0.4 is 18.9 Å². The molecular weight excluding hydrogens is 1450 g/mol. The second-order valence-corrected chi connectivity index (χ2v) is 34.8. The van der Waals surface area contributed by atoms with Crippen LogP contribution in [0.5, 0.6) is 46.0 Å². The van der Waals surface area contributed by atoms with E-state index in [1.54, 1.807) is 24.3 Å². The van der Waals surface area contributed by atoms with Gasteiger partial charge in [-0.1, -0.05) is 132 Å². The standard InChI is InChI=1S/C92H104N4O18/c1-15-103-37-33-69(87(101)105-39-35-93(45-61-49-107-61)46-62-50-108-62)95-83(97)65-41-71(111-57-25-17-53(18-26-57)89(3,4)5)77-79-73(113-59-29-21-55(22-30-59)91(9,10)11)43-67-76-68(86(100)96(85(67)99)70(34-38-104-16-2)88(102)106-40-36-94(47-63-51-109-63)48-64-52-110-64)44-74(114-60-31-23-56(24-32-60)92(12,13)14)80(82(76)79)78-72(42-66(84(95)98)75(65)81(77)78)112-58-27-19-54(20-28-58)90(6,7)8/h17-32,41-44,61-64,69-70H,15-16,33-40,45-52H2,1-14H3. The third-order valence-electron chi connectivity index (χ3n) is 22.2. The monoisotopic (exact) mass is 1550 g/mol. The molecule has 22 heteroatoms. The average Bonchev–Trinajstić information content (AvgIpc) is 1.05. The normalized spacial score (nSPS) is 18.6. The molecule has 0 aromatic heterocycles. The summed E-state index contributed by atoms with van der Waals surface area (Å²) in [5.41, 5.74) is 2.89. The van der Waals surface area contributed by atoms with Crippen molar-refractivity contribution < 1.29 is 85.6 Å². The fourth-order valence-electron chi connectivity index (χ4n) is 15.5. The Labute approximate surface area is 665 Å². The van der Waals surface area contributed by atoms with Crippen molar-refractivity contribution in [1.82, 2.24) is 19.6 Å². The van der Waals surface area contributed by atoms with Crippen molar-refractivity contribution in [2.45, 2.75) is 168 Å². The van der Waals surface area contributed by atoms with Gasteiger partial charge in [0.25, 0.3) is 23.6 Å². The zero-order chi connectivity index (χ0) is 80.4. The number of epoxide rings is 4. The molecule has 6 unspecified atom stereocenters. The van der Waals surface area contributed by atoms with Gasteiger partial charge in [-0.2, -0.15) is 0 Å². The molecule has 4 amide bonds. The van der Waals surface area contributed by atoms with E-state index in [1.807, 2.05) is 111 Å². The Morgan fingerprint density at radius 3 is 0.816 bits per heavy atom. The van der Waals surface area contributed by atoms with Gasteiger partial charge in [-0.3, -0.25) is 38.8 Å². The zero-order valence-electron chi connectivity index (χ0n) is 67.9. The van der Waals surface area contributed by atoms with Crippen LogP contribution in [0.15, 0.2) is 121 Å². The zero-order valence-corrected chi connectivity index (χ0v) is 67.9. The molecule has 0 saturated carbocycles. The molecule has 6 aliphatic heterocycles. The van der Waals surface area contributed by atoms with Crippen molar-refractivity contribution >= 4 is 78.7 Å². The lowest BCUT2D eigenvalue weighted by Gasteiger charge is -2.35. The van der Waals surface area contributed by atoms with Crippen molar-refractivity contribution in [3.63, 3.8) is 0 Å². The summed E-state index contributed by atoms with van der Waals surface area (Å²) in [6.07, 6.45) is -0.0262. The van der Waals surface area contributed by atoms with Crippen molar-refractivity contribution in [3.8, 4) is 46.0 Å². The molecule has 6 aliphatic rings. The summed E-state index contributed by atoms with van der Waals surface area (Å²) in [5, 5.41) is 2.04. The lowest BCUT2D eigenvalue weighted by atomic mass is 9.80. The topological polar surface area (TPSA) is 239 Å². The number of benzene rings is 9. The van der Waals surface area contributed by atoms with E-state index in [1.165, 1.54) is 0 Å². The first-order chi connectivity index (χ1) is 54.4. The predicted molar refractivity (Wildman–Crippen MR) is 433 cm³/mol. The molecule has 4 fully saturated rings. The number of ether oxygens (including phenoxy) is 12. The molecule has 0 radical (unpaired) electrons. The highest BCUT2D eigenvalue weighted by Gasteiger charge is 2.48. The highest BCUT2D eigenvalue weighted by molar-refractivity contribution is 6.45. The Balaban J connectivity index is 1.01. The summed E-state index contributed by atoms with van der Waals surface area (Å²) in [5.74, 6) is -3.19. The molecule has 4 saturated heterocycles. The van der Waals surface area contributed by atoms with Gasteiger partial charge in [0.1, 0.15) is 71.3 Å². The molecule has 6 heterocycles. The van der Waals surface area contributed by atoms with Crippen molar-refractivity contribution in [2.24, 2.45) is 0 Å². The molecule has 9 aromatic rings. The van der Waals surface area contributed by atoms with Gasteiger partial charge < -0.3 is 56.8 Å². The first-order valence-electron chi connectivity index (χ1n) is 40.1. The number of hydrogen-bond acceptors (Lipinski definition) is 20. The minimum Gasteiger partial charge on any atom is -0.463 e. The van der Waals surface area contributed by atoms with Crippen LogP contribution in [-0.4, -0.2) is 197 Å². The largest absolute Gasteiger partial charge is 0.463 e. The Bertz CT molecular complexity index is 4540. The minimum atomic E-state index is -1.51. The Morgan fingerprint density at radius 2 is 0.605 bits per heavy atom. The maximum absolute atomic E-state index is 16.6. The van der Waals surface area contributed by atoms with Crippen LogP contribution in [0, 0.1) is 0 Å². The van der Waals surface area contributed by atoms with E-state index in [4.69, 9.17) is 56.8 Å². The summed E-state index contributed by atoms with van der Waals surface area (Å²) < 4.78 is 76.2. The lowest BCUT2D eigenvalue weighted by molar-refractivity contribution is -0.150. The average molecular weight is 1550 g/mol. The highest BCUT2D eigenvalue weighted by atomic mass is 16.6. The highest BCUT2D eigenvalue weighted by Crippen LogP contribution is 2.58. The van der Waals surface area contributed by atoms with Crippen LogP contribution in [0.25, 0.3) is 43.1 Å². The molecule has 0 spiro atoms. The summed E-state index contributed by atoms with van der Waals surface area (Å²) in [6, 6.07) is 34.0. The lowest BCUT2D eigenvalue weighted by Crippen LogP contribution is -2.52. The molecule has 22 nitrogen and oxygen atoms in total. The van der Waals surface area contributed by atoms with E-state index >= 15 is 28.8 Å². The van der Waals surface area contributed by atoms with Gasteiger partial charge in [0.15, 0.2) is 0 Å². The van der Waals surface area contributed by atoms with Crippen LogP contribution in [0.2, 0.25) is 0 Å². The van der Waals surface area contributed by atoms with Crippen LogP contribution in [0.3, 0.4) is 0 Å². The molecule has 114 heavy (non-hydrogen) atoms. The van der Waals surface area contributed by atoms with Gasteiger partial charge in [0, 0.05) is 122 Å². The van der Waals surface area contributed by atoms with E-state index in [0.29, 0.717) is 88.7 Å². The molecule has 15 rings (SSSR count). The fourth-order valence-corrected chi connectivity index (χ4v) is 15.5. The third kappa shape index (κ3) is 17.1. The van der Waals surface area contributed by atoms with E-state index in [0.717, 1.165) is 32.1 Å². The summed E-state index contributed by atoms with van der Waals surface area (Å²) in [6.45, 7) is 35.0. The summed E-state index contributed by atoms with van der Waals surface area (Å²) >= 11 is 0. The first kappa shape index (κ1) is 79.6. The van der Waals surface area contributed by atoms with E-state index in [2.05, 4.69) is 92.9 Å². The number of carbonyl (C=O) groups excluding carboxylic acids is 6.